The minimum Gasteiger partial charge on any atom is -0.294 e. The lowest BCUT2D eigenvalue weighted by atomic mass is 10.0. The monoisotopic (exact) mass is 300 g/mol. The smallest absolute Gasteiger partial charge is 0.170 e. The summed E-state index contributed by atoms with van der Waals surface area (Å²) in [5.74, 6) is -2.07. The fourth-order valence-electron chi connectivity index (χ4n) is 1.65. The summed E-state index contributed by atoms with van der Waals surface area (Å²) in [6.45, 7) is 0. The number of carbonyl (C=O) groups excluding carboxylic acids is 1. The van der Waals surface area contributed by atoms with E-state index in [0.717, 1.165) is 12.1 Å². The lowest BCUT2D eigenvalue weighted by Gasteiger charge is -2.05. The summed E-state index contributed by atoms with van der Waals surface area (Å²) >= 11 is 11.7. The Morgan fingerprint density at radius 2 is 1.79 bits per heavy atom. The second kappa shape index (κ2) is 5.68. The first-order chi connectivity index (χ1) is 8.97. The van der Waals surface area contributed by atoms with Gasteiger partial charge in [0.05, 0.1) is 5.56 Å². The van der Waals surface area contributed by atoms with Crippen LogP contribution in [-0.4, -0.2) is 5.78 Å². The van der Waals surface area contributed by atoms with Gasteiger partial charge in [-0.15, -0.1) is 0 Å². The molecule has 0 aliphatic rings. The Balaban J connectivity index is 2.25. The van der Waals surface area contributed by atoms with Crippen molar-refractivity contribution in [1.82, 2.24) is 0 Å². The fraction of sp³-hybridized carbons (Fsp3) is 0.0714. The van der Waals surface area contributed by atoms with Crippen LogP contribution in [0.25, 0.3) is 0 Å². The summed E-state index contributed by atoms with van der Waals surface area (Å²) in [4.78, 5) is 11.9. The molecule has 2 rings (SSSR count). The molecule has 98 valence electrons. The van der Waals surface area contributed by atoms with Crippen LogP contribution >= 0.6 is 23.2 Å². The number of carbonyl (C=O) groups is 1. The SMILES string of the molecule is O=C(Cc1ccc(Cl)cc1Cl)c1ccc(F)cc1F. The summed E-state index contributed by atoms with van der Waals surface area (Å²) in [6, 6.07) is 7.54. The number of rotatable bonds is 3. The van der Waals surface area contributed by atoms with Crippen LogP contribution in [0.2, 0.25) is 10.0 Å². The molecule has 0 N–H and O–H groups in total. The quantitative estimate of drug-likeness (QED) is 0.751. The van der Waals surface area contributed by atoms with Crippen molar-refractivity contribution in [2.75, 3.05) is 0 Å². The number of hydrogen-bond acceptors (Lipinski definition) is 1. The largest absolute Gasteiger partial charge is 0.294 e. The highest BCUT2D eigenvalue weighted by atomic mass is 35.5. The molecule has 0 amide bonds. The molecule has 5 heteroatoms. The van der Waals surface area contributed by atoms with Crippen molar-refractivity contribution in [3.63, 3.8) is 0 Å². The van der Waals surface area contributed by atoms with E-state index in [0.29, 0.717) is 21.7 Å². The first kappa shape index (κ1) is 14.0. The first-order valence-electron chi connectivity index (χ1n) is 5.39. The predicted octanol–water partition coefficient (Wildman–Crippen LogP) is 4.70. The molecule has 2 aromatic rings. The molecule has 0 aromatic heterocycles. The summed E-state index contributed by atoms with van der Waals surface area (Å²) < 4.78 is 26.2. The third-order valence-corrected chi connectivity index (χ3v) is 3.18. The van der Waals surface area contributed by atoms with Crippen LogP contribution in [0.4, 0.5) is 8.78 Å². The van der Waals surface area contributed by atoms with Gasteiger partial charge in [-0.1, -0.05) is 29.3 Å². The zero-order valence-electron chi connectivity index (χ0n) is 9.59. The molecule has 0 saturated heterocycles. The molecular formula is C14H8Cl2F2O. The second-order valence-corrected chi connectivity index (χ2v) is 4.80. The maximum absolute atomic E-state index is 13.5. The molecule has 0 bridgehead atoms. The van der Waals surface area contributed by atoms with Gasteiger partial charge in [-0.2, -0.15) is 0 Å². The Morgan fingerprint density at radius 3 is 2.42 bits per heavy atom. The normalized spacial score (nSPS) is 10.5. The molecule has 0 saturated carbocycles. The molecule has 2 aromatic carbocycles. The van der Waals surface area contributed by atoms with Gasteiger partial charge in [-0.3, -0.25) is 4.79 Å². The van der Waals surface area contributed by atoms with Gasteiger partial charge in [0.15, 0.2) is 5.78 Å². The molecule has 0 atom stereocenters. The average Bonchev–Trinajstić information content (AvgIpc) is 2.32. The third kappa shape index (κ3) is 3.31. The van der Waals surface area contributed by atoms with Crippen molar-refractivity contribution in [1.29, 1.82) is 0 Å². The van der Waals surface area contributed by atoms with E-state index >= 15 is 0 Å². The van der Waals surface area contributed by atoms with E-state index in [4.69, 9.17) is 23.2 Å². The van der Waals surface area contributed by atoms with Crippen molar-refractivity contribution in [2.45, 2.75) is 6.42 Å². The van der Waals surface area contributed by atoms with Crippen LogP contribution in [0.3, 0.4) is 0 Å². The van der Waals surface area contributed by atoms with Gasteiger partial charge in [0.2, 0.25) is 0 Å². The number of ketones is 1. The topological polar surface area (TPSA) is 17.1 Å². The minimum absolute atomic E-state index is 0.0709. The van der Waals surface area contributed by atoms with E-state index in [2.05, 4.69) is 0 Å². The van der Waals surface area contributed by atoms with Gasteiger partial charge in [0, 0.05) is 22.5 Å². The van der Waals surface area contributed by atoms with E-state index in [9.17, 15) is 13.6 Å². The minimum atomic E-state index is -0.880. The molecule has 19 heavy (non-hydrogen) atoms. The lowest BCUT2D eigenvalue weighted by Crippen LogP contribution is -2.07. The van der Waals surface area contributed by atoms with Gasteiger partial charge in [-0.25, -0.2) is 8.78 Å². The summed E-state index contributed by atoms with van der Waals surface area (Å²) in [7, 11) is 0. The Morgan fingerprint density at radius 1 is 1.05 bits per heavy atom. The van der Waals surface area contributed by atoms with Crippen LogP contribution < -0.4 is 0 Å². The lowest BCUT2D eigenvalue weighted by molar-refractivity contribution is 0.0989. The number of Topliss-reactive ketones (excluding diaryl/α,β-unsaturated/α-hetero) is 1. The maximum atomic E-state index is 13.5. The molecule has 0 heterocycles. The predicted molar refractivity (Wildman–Crippen MR) is 70.9 cm³/mol. The van der Waals surface area contributed by atoms with Crippen molar-refractivity contribution in [3.05, 3.63) is 69.2 Å². The maximum Gasteiger partial charge on any atom is 0.170 e. The Bertz CT molecular complexity index is 641. The third-order valence-electron chi connectivity index (χ3n) is 2.60. The van der Waals surface area contributed by atoms with E-state index in [1.807, 2.05) is 0 Å². The fourth-order valence-corrected chi connectivity index (χ4v) is 2.12. The molecule has 1 nitrogen and oxygen atoms in total. The number of benzene rings is 2. The van der Waals surface area contributed by atoms with Gasteiger partial charge in [-0.05, 0) is 29.8 Å². The molecule has 0 aliphatic heterocycles. The standard InChI is InChI=1S/C14H8Cl2F2O/c15-9-2-1-8(12(16)6-9)5-14(19)11-4-3-10(17)7-13(11)18/h1-4,6-7H,5H2. The molecule has 0 spiro atoms. The van der Waals surface area contributed by atoms with Crippen LogP contribution in [0.15, 0.2) is 36.4 Å². The molecular weight excluding hydrogens is 293 g/mol. The summed E-state index contributed by atoms with van der Waals surface area (Å²) in [5, 5.41) is 0.789. The van der Waals surface area contributed by atoms with Crippen molar-refractivity contribution >= 4 is 29.0 Å². The van der Waals surface area contributed by atoms with Crippen molar-refractivity contribution in [3.8, 4) is 0 Å². The van der Waals surface area contributed by atoms with Gasteiger partial charge >= 0.3 is 0 Å². The van der Waals surface area contributed by atoms with Crippen LogP contribution in [0, 0.1) is 11.6 Å². The van der Waals surface area contributed by atoms with Gasteiger partial charge < -0.3 is 0 Å². The van der Waals surface area contributed by atoms with E-state index in [1.165, 1.54) is 6.07 Å². The Hall–Kier alpha value is -1.45. The molecule has 0 radical (unpaired) electrons. The summed E-state index contributed by atoms with van der Waals surface area (Å²) in [6.07, 6.45) is -0.0709. The molecule has 0 unspecified atom stereocenters. The van der Waals surface area contributed by atoms with Crippen molar-refractivity contribution in [2.24, 2.45) is 0 Å². The van der Waals surface area contributed by atoms with Crippen LogP contribution in [-0.2, 0) is 6.42 Å². The highest BCUT2D eigenvalue weighted by molar-refractivity contribution is 6.35. The van der Waals surface area contributed by atoms with E-state index in [-0.39, 0.29) is 12.0 Å². The van der Waals surface area contributed by atoms with Crippen LogP contribution in [0.1, 0.15) is 15.9 Å². The van der Waals surface area contributed by atoms with Crippen LogP contribution in [0.5, 0.6) is 0 Å². The molecule has 0 fully saturated rings. The zero-order valence-corrected chi connectivity index (χ0v) is 11.1. The summed E-state index contributed by atoms with van der Waals surface area (Å²) in [5.41, 5.74) is 0.382. The average molecular weight is 301 g/mol. The van der Waals surface area contributed by atoms with Gasteiger partial charge in [0.1, 0.15) is 11.6 Å². The van der Waals surface area contributed by atoms with E-state index < -0.39 is 17.4 Å². The second-order valence-electron chi connectivity index (χ2n) is 3.96. The zero-order chi connectivity index (χ0) is 14.0. The highest BCUT2D eigenvalue weighted by Crippen LogP contribution is 2.23. The Kier molecular flexibility index (Phi) is 4.17. The Labute approximate surface area is 118 Å². The number of hydrogen-bond donors (Lipinski definition) is 0. The van der Waals surface area contributed by atoms with E-state index in [1.54, 1.807) is 12.1 Å². The first-order valence-corrected chi connectivity index (χ1v) is 6.15. The van der Waals surface area contributed by atoms with Crippen molar-refractivity contribution < 1.29 is 13.6 Å². The highest BCUT2D eigenvalue weighted by Gasteiger charge is 2.14. The molecule has 0 aliphatic carbocycles. The van der Waals surface area contributed by atoms with Gasteiger partial charge in [0.25, 0.3) is 0 Å². The number of halogens is 4.